The van der Waals surface area contributed by atoms with Gasteiger partial charge in [0.15, 0.2) is 18.4 Å². The van der Waals surface area contributed by atoms with Crippen LogP contribution in [0.2, 0.25) is 0 Å². The van der Waals surface area contributed by atoms with Crippen LogP contribution >= 0.6 is 24.0 Å². The molecule has 230 valence electrons. The monoisotopic (exact) mass is 697 g/mol. The quantitative estimate of drug-likeness (QED) is 0.150. The maximum absolute atomic E-state index is 11.5. The summed E-state index contributed by atoms with van der Waals surface area (Å²) in [4.78, 5) is 25.6. The molecule has 0 radical (unpaired) electrons. The minimum atomic E-state index is -0.298. The Bertz CT molecular complexity index is 1290. The number of aromatic nitrogens is 1. The lowest BCUT2D eigenvalue weighted by molar-refractivity contribution is -0.721. The van der Waals surface area contributed by atoms with Crippen molar-refractivity contribution in [2.75, 3.05) is 27.3 Å². The van der Waals surface area contributed by atoms with Crippen LogP contribution in [-0.4, -0.2) is 50.2 Å². The molecule has 1 aromatic heterocycles. The Labute approximate surface area is 273 Å². The number of methoxy groups -OCH3 is 2. The van der Waals surface area contributed by atoms with E-state index in [1.165, 1.54) is 103 Å². The molecule has 1 saturated heterocycles. The summed E-state index contributed by atoms with van der Waals surface area (Å²) in [5.41, 5.74) is 4.87. The van der Waals surface area contributed by atoms with Gasteiger partial charge in [0.05, 0.1) is 25.3 Å². The van der Waals surface area contributed by atoms with Crippen LogP contribution in [0.15, 0.2) is 73.1 Å². The lowest BCUT2D eigenvalue weighted by Crippen LogP contribution is -2.39. The number of esters is 2. The van der Waals surface area contributed by atoms with Gasteiger partial charge in [0.25, 0.3) is 0 Å². The molecule has 2 saturated carbocycles. The van der Waals surface area contributed by atoms with Crippen LogP contribution in [0.1, 0.15) is 102 Å². The van der Waals surface area contributed by atoms with E-state index < -0.39 is 0 Å². The van der Waals surface area contributed by atoms with Gasteiger partial charge < -0.3 is 14.4 Å². The molecule has 0 amide bonds. The summed E-state index contributed by atoms with van der Waals surface area (Å²) in [5.74, 6) is 0.0978. The van der Waals surface area contributed by atoms with E-state index in [4.69, 9.17) is 9.47 Å². The van der Waals surface area contributed by atoms with Crippen molar-refractivity contribution in [3.05, 3.63) is 89.7 Å². The van der Waals surface area contributed by atoms with Crippen LogP contribution in [0, 0.1) is 0 Å². The van der Waals surface area contributed by atoms with Crippen LogP contribution in [0.25, 0.3) is 11.1 Å². The number of piperidine rings is 1. The van der Waals surface area contributed by atoms with E-state index in [1.54, 1.807) is 12.1 Å². The largest absolute Gasteiger partial charge is 0.465 e. The molecular weight excluding hydrogens is 651 g/mol. The third-order valence-corrected chi connectivity index (χ3v) is 9.41. The molecule has 6 rings (SSSR count). The SMILES string of the molecule is COC(=O)c1ccc(-c2cc[n+](C3CCCC3)cc2)cc1.COC(=O)c1ccc(C2CCN(C3CCCC3)CC2)cc1.I. The summed E-state index contributed by atoms with van der Waals surface area (Å²) in [5, 5.41) is 0. The maximum atomic E-state index is 11.5. The molecule has 0 atom stereocenters. The number of carbonyl (C=O) groups excluding carboxylic acids is 2. The number of hydrogen-bond acceptors (Lipinski definition) is 5. The van der Waals surface area contributed by atoms with Gasteiger partial charge in [-0.1, -0.05) is 37.1 Å². The van der Waals surface area contributed by atoms with Gasteiger partial charge in [-0.25, -0.2) is 14.2 Å². The molecule has 0 spiro atoms. The number of rotatable bonds is 6. The van der Waals surface area contributed by atoms with Gasteiger partial charge in [0.1, 0.15) is 0 Å². The molecule has 3 aliphatic rings. The van der Waals surface area contributed by atoms with E-state index in [0.717, 1.165) is 11.6 Å². The number of nitrogens with zero attached hydrogens (tertiary/aromatic N) is 2. The average molecular weight is 698 g/mol. The first-order valence-electron chi connectivity index (χ1n) is 15.7. The fourth-order valence-corrected chi connectivity index (χ4v) is 6.87. The Balaban J connectivity index is 0.000000192. The van der Waals surface area contributed by atoms with Crippen LogP contribution in [-0.2, 0) is 9.47 Å². The molecule has 7 heteroatoms. The Morgan fingerprint density at radius 1 is 0.651 bits per heavy atom. The highest BCUT2D eigenvalue weighted by Gasteiger charge is 2.27. The first kappa shape index (κ1) is 33.1. The first-order chi connectivity index (χ1) is 20.6. The predicted molar refractivity (Wildman–Crippen MR) is 180 cm³/mol. The molecule has 3 fully saturated rings. The highest BCUT2D eigenvalue weighted by molar-refractivity contribution is 14.0. The first-order valence-corrected chi connectivity index (χ1v) is 15.7. The molecule has 6 nitrogen and oxygen atoms in total. The van der Waals surface area contributed by atoms with Crippen LogP contribution in [0.4, 0.5) is 0 Å². The second-order valence-electron chi connectivity index (χ2n) is 11.9. The van der Waals surface area contributed by atoms with Crippen molar-refractivity contribution in [2.24, 2.45) is 0 Å². The van der Waals surface area contributed by atoms with E-state index >= 15 is 0 Å². The van der Waals surface area contributed by atoms with Gasteiger partial charge in [-0.15, -0.1) is 24.0 Å². The summed E-state index contributed by atoms with van der Waals surface area (Å²) in [7, 11) is 2.82. The van der Waals surface area contributed by atoms with Gasteiger partial charge in [-0.2, -0.15) is 0 Å². The molecule has 43 heavy (non-hydrogen) atoms. The second kappa shape index (κ2) is 16.3. The third-order valence-electron chi connectivity index (χ3n) is 9.41. The number of halogens is 1. The second-order valence-corrected chi connectivity index (χ2v) is 11.9. The highest BCUT2D eigenvalue weighted by atomic mass is 127. The number of likely N-dealkylation sites (tertiary alicyclic amines) is 1. The lowest BCUT2D eigenvalue weighted by atomic mass is 9.88. The van der Waals surface area contributed by atoms with Crippen molar-refractivity contribution in [1.82, 2.24) is 4.90 Å². The fourth-order valence-electron chi connectivity index (χ4n) is 6.87. The number of benzene rings is 2. The van der Waals surface area contributed by atoms with Gasteiger partial charge in [0, 0.05) is 31.0 Å². The number of carbonyl (C=O) groups is 2. The van der Waals surface area contributed by atoms with E-state index in [9.17, 15) is 9.59 Å². The zero-order valence-electron chi connectivity index (χ0n) is 25.6. The fraction of sp³-hybridized carbons (Fsp3) is 0.472. The van der Waals surface area contributed by atoms with E-state index in [0.29, 0.717) is 23.1 Å². The summed E-state index contributed by atoms with van der Waals surface area (Å²) in [6.45, 7) is 2.46. The van der Waals surface area contributed by atoms with E-state index in [-0.39, 0.29) is 35.9 Å². The molecule has 1 aliphatic heterocycles. The zero-order chi connectivity index (χ0) is 29.3. The minimum absolute atomic E-state index is 0. The van der Waals surface area contributed by atoms with Crippen molar-refractivity contribution in [3.8, 4) is 11.1 Å². The molecule has 2 heterocycles. The summed E-state index contributed by atoms with van der Waals surface area (Å²) < 4.78 is 11.8. The summed E-state index contributed by atoms with van der Waals surface area (Å²) in [6, 6.07) is 21.3. The number of pyridine rings is 1. The van der Waals surface area contributed by atoms with Crippen molar-refractivity contribution in [2.45, 2.75) is 82.2 Å². The molecule has 0 unspecified atom stereocenters. The minimum Gasteiger partial charge on any atom is -0.465 e. The predicted octanol–water partition coefficient (Wildman–Crippen LogP) is 7.76. The van der Waals surface area contributed by atoms with E-state index in [1.807, 2.05) is 24.3 Å². The topological polar surface area (TPSA) is 59.7 Å². The van der Waals surface area contributed by atoms with E-state index in [2.05, 4.69) is 46.1 Å². The van der Waals surface area contributed by atoms with Crippen molar-refractivity contribution in [1.29, 1.82) is 0 Å². The summed E-state index contributed by atoms with van der Waals surface area (Å²) in [6.07, 6.45) is 17.7. The smallest absolute Gasteiger partial charge is 0.337 e. The Hall–Kier alpha value is -2.78. The third kappa shape index (κ3) is 8.66. The van der Waals surface area contributed by atoms with Crippen molar-refractivity contribution >= 4 is 35.9 Å². The Kier molecular flexibility index (Phi) is 12.6. The molecule has 2 aromatic carbocycles. The van der Waals surface area contributed by atoms with Gasteiger partial charge in [-0.3, -0.25) is 0 Å². The zero-order valence-corrected chi connectivity index (χ0v) is 27.9. The molecule has 0 N–H and O–H groups in total. The molecule has 3 aromatic rings. The molecule has 2 aliphatic carbocycles. The van der Waals surface area contributed by atoms with Crippen LogP contribution < -0.4 is 4.57 Å². The maximum Gasteiger partial charge on any atom is 0.337 e. The summed E-state index contributed by atoms with van der Waals surface area (Å²) >= 11 is 0. The normalized spacial score (nSPS) is 17.9. The lowest BCUT2D eigenvalue weighted by Gasteiger charge is -2.36. The van der Waals surface area contributed by atoms with Gasteiger partial charge in [0.2, 0.25) is 0 Å². The van der Waals surface area contributed by atoms with Crippen molar-refractivity contribution in [3.63, 3.8) is 0 Å². The average Bonchev–Trinajstić information content (AvgIpc) is 3.81. The highest BCUT2D eigenvalue weighted by Crippen LogP contribution is 2.32. The Morgan fingerprint density at radius 3 is 1.63 bits per heavy atom. The van der Waals surface area contributed by atoms with Gasteiger partial charge >= 0.3 is 11.9 Å². The van der Waals surface area contributed by atoms with Crippen LogP contribution in [0.3, 0.4) is 0 Å². The van der Waals surface area contributed by atoms with Crippen LogP contribution in [0.5, 0.6) is 0 Å². The van der Waals surface area contributed by atoms with Gasteiger partial charge in [-0.05, 0) is 98.5 Å². The Morgan fingerprint density at radius 2 is 1.12 bits per heavy atom. The molecular formula is C36H46IN2O4+. The molecule has 0 bridgehead atoms. The van der Waals surface area contributed by atoms with Crippen molar-refractivity contribution < 1.29 is 23.6 Å². The number of ether oxygens (including phenoxy) is 2. The standard InChI is InChI=1S/C18H25NO2.C18H20NO2.HI/c2*1-21-18(20)16-8-6-14(7-9-16)15-10-12-19(13-11-15)17-4-2-3-5-17;/h6-9,15,17H,2-5,10-13H2,1H3;6-13,17H,2-5H2,1H3;1H/q;+1;. The number of hydrogen-bond donors (Lipinski definition) is 0.